The molecule has 0 radical (unpaired) electrons. The maximum Gasteiger partial charge on any atom is 0.339 e. The standard InChI is InChI=1S/C36H32O4/c37-33-32(31(30-19-11-4-12-20-30)22-21-27-13-5-1-6-14-27)35(39)40-36(34(33)38,25-23-28-15-7-2-8-16-28)26-24-29-17-9-3-10-18-29/h1-22,31,37H,23-26H2. The molecule has 1 heterocycles. The summed E-state index contributed by atoms with van der Waals surface area (Å²) in [6.45, 7) is 0. The molecule has 0 aromatic heterocycles. The minimum absolute atomic E-state index is 0.0292. The highest BCUT2D eigenvalue weighted by molar-refractivity contribution is 6.11. The molecule has 4 aromatic carbocycles. The van der Waals surface area contributed by atoms with Crippen molar-refractivity contribution in [2.45, 2.75) is 37.2 Å². The molecule has 0 saturated carbocycles. The van der Waals surface area contributed by atoms with Crippen LogP contribution in [0.15, 0.2) is 139 Å². The molecule has 1 N–H and O–H groups in total. The predicted octanol–water partition coefficient (Wildman–Crippen LogP) is 7.43. The van der Waals surface area contributed by atoms with Gasteiger partial charge in [0.05, 0.1) is 5.57 Å². The number of carbonyl (C=O) groups is 2. The zero-order valence-corrected chi connectivity index (χ0v) is 22.3. The smallest absolute Gasteiger partial charge is 0.339 e. The van der Waals surface area contributed by atoms with E-state index in [1.54, 1.807) is 0 Å². The molecule has 4 aromatic rings. The number of aliphatic hydroxyl groups is 1. The largest absolute Gasteiger partial charge is 0.504 e. The monoisotopic (exact) mass is 528 g/mol. The Morgan fingerprint density at radius 3 is 1.68 bits per heavy atom. The molecule has 0 aliphatic carbocycles. The fraction of sp³-hybridized carbons (Fsp3) is 0.167. The van der Waals surface area contributed by atoms with Crippen LogP contribution in [0, 0.1) is 0 Å². The Balaban J connectivity index is 1.52. The van der Waals surface area contributed by atoms with Crippen molar-refractivity contribution in [3.63, 3.8) is 0 Å². The number of Topliss-reactive ketones (excluding diaryl/α,β-unsaturated/α-hetero) is 1. The van der Waals surface area contributed by atoms with Gasteiger partial charge >= 0.3 is 5.97 Å². The molecule has 0 saturated heterocycles. The molecule has 0 fully saturated rings. The zero-order valence-electron chi connectivity index (χ0n) is 22.3. The van der Waals surface area contributed by atoms with Gasteiger partial charge in [0.25, 0.3) is 0 Å². The van der Waals surface area contributed by atoms with Crippen molar-refractivity contribution in [2.24, 2.45) is 0 Å². The highest BCUT2D eigenvalue weighted by Gasteiger charge is 2.50. The third-order valence-electron chi connectivity index (χ3n) is 7.46. The molecule has 1 aliphatic rings. The highest BCUT2D eigenvalue weighted by atomic mass is 16.6. The minimum atomic E-state index is -1.46. The summed E-state index contributed by atoms with van der Waals surface area (Å²) in [5.74, 6) is -2.36. The Labute approximate surface area is 235 Å². The summed E-state index contributed by atoms with van der Waals surface area (Å²) in [5.41, 5.74) is 2.31. The predicted molar refractivity (Wildman–Crippen MR) is 158 cm³/mol. The third kappa shape index (κ3) is 6.13. The number of hydrogen-bond donors (Lipinski definition) is 1. The molecule has 4 heteroatoms. The van der Waals surface area contributed by atoms with Crippen LogP contribution in [0.3, 0.4) is 0 Å². The van der Waals surface area contributed by atoms with Gasteiger partial charge in [0, 0.05) is 5.92 Å². The second-order valence-corrected chi connectivity index (χ2v) is 10.1. The van der Waals surface area contributed by atoms with Crippen molar-refractivity contribution in [1.29, 1.82) is 0 Å². The van der Waals surface area contributed by atoms with Gasteiger partial charge in [-0.2, -0.15) is 0 Å². The van der Waals surface area contributed by atoms with Crippen LogP contribution in [0.2, 0.25) is 0 Å². The van der Waals surface area contributed by atoms with E-state index in [1.165, 1.54) is 0 Å². The summed E-state index contributed by atoms with van der Waals surface area (Å²) < 4.78 is 6.13. The fourth-order valence-electron chi connectivity index (χ4n) is 5.23. The van der Waals surface area contributed by atoms with Gasteiger partial charge in [0.15, 0.2) is 11.4 Å². The van der Waals surface area contributed by atoms with Crippen molar-refractivity contribution < 1.29 is 19.4 Å². The summed E-state index contributed by atoms with van der Waals surface area (Å²) in [7, 11) is 0. The summed E-state index contributed by atoms with van der Waals surface area (Å²) in [5, 5.41) is 11.5. The molecule has 4 nitrogen and oxygen atoms in total. The third-order valence-corrected chi connectivity index (χ3v) is 7.46. The Morgan fingerprint density at radius 2 is 1.15 bits per heavy atom. The van der Waals surface area contributed by atoms with Gasteiger partial charge < -0.3 is 9.84 Å². The van der Waals surface area contributed by atoms with E-state index in [0.717, 1.165) is 22.3 Å². The maximum atomic E-state index is 14.0. The van der Waals surface area contributed by atoms with Crippen molar-refractivity contribution in [3.8, 4) is 0 Å². The normalized spacial score (nSPS) is 15.7. The van der Waals surface area contributed by atoms with Gasteiger partial charge in [-0.15, -0.1) is 0 Å². The van der Waals surface area contributed by atoms with Gasteiger partial charge in [-0.25, -0.2) is 4.79 Å². The number of esters is 1. The number of aliphatic hydroxyl groups excluding tert-OH is 1. The van der Waals surface area contributed by atoms with Crippen molar-refractivity contribution in [3.05, 3.63) is 161 Å². The topological polar surface area (TPSA) is 63.6 Å². The Hall–Kier alpha value is -4.70. The van der Waals surface area contributed by atoms with Crippen LogP contribution in [-0.4, -0.2) is 22.5 Å². The van der Waals surface area contributed by atoms with Gasteiger partial charge in [-0.3, -0.25) is 4.79 Å². The quantitative estimate of drug-likeness (QED) is 0.218. The van der Waals surface area contributed by atoms with Crippen molar-refractivity contribution in [2.75, 3.05) is 0 Å². The SMILES string of the molecule is O=C1OC(CCc2ccccc2)(CCc2ccccc2)C(=O)C(O)=C1C(C=Cc1ccccc1)c1ccccc1. The molecular weight excluding hydrogens is 496 g/mol. The lowest BCUT2D eigenvalue weighted by atomic mass is 9.79. The molecule has 0 bridgehead atoms. The number of ether oxygens (including phenoxy) is 1. The maximum absolute atomic E-state index is 14.0. The van der Waals surface area contributed by atoms with Gasteiger partial charge in [-0.1, -0.05) is 133 Å². The number of allylic oxidation sites excluding steroid dienone is 1. The van der Waals surface area contributed by atoms with Crippen LogP contribution in [0.25, 0.3) is 6.08 Å². The minimum Gasteiger partial charge on any atom is -0.504 e. The number of benzene rings is 4. The molecule has 0 spiro atoms. The first-order valence-corrected chi connectivity index (χ1v) is 13.6. The Kier molecular flexibility index (Phi) is 8.36. The highest BCUT2D eigenvalue weighted by Crippen LogP contribution is 2.39. The molecular formula is C36H32O4. The van der Waals surface area contributed by atoms with Crippen LogP contribution in [0.5, 0.6) is 0 Å². The molecule has 1 aliphatic heterocycles. The van der Waals surface area contributed by atoms with Crippen LogP contribution in [0.4, 0.5) is 0 Å². The van der Waals surface area contributed by atoms with E-state index in [4.69, 9.17) is 4.74 Å². The van der Waals surface area contributed by atoms with Gasteiger partial charge in [0.2, 0.25) is 5.78 Å². The number of ketones is 1. The first-order chi connectivity index (χ1) is 19.6. The van der Waals surface area contributed by atoms with E-state index in [2.05, 4.69) is 0 Å². The summed E-state index contributed by atoms with van der Waals surface area (Å²) >= 11 is 0. The average molecular weight is 529 g/mol. The van der Waals surface area contributed by atoms with E-state index in [1.807, 2.05) is 133 Å². The van der Waals surface area contributed by atoms with Crippen LogP contribution >= 0.6 is 0 Å². The molecule has 40 heavy (non-hydrogen) atoms. The summed E-state index contributed by atoms with van der Waals surface area (Å²) in [4.78, 5) is 27.8. The molecule has 1 unspecified atom stereocenters. The molecule has 5 rings (SSSR count). The lowest BCUT2D eigenvalue weighted by Crippen LogP contribution is -2.49. The number of cyclic esters (lactones) is 1. The molecule has 0 amide bonds. The lowest BCUT2D eigenvalue weighted by molar-refractivity contribution is -0.169. The first kappa shape index (κ1) is 26.9. The van der Waals surface area contributed by atoms with E-state index in [9.17, 15) is 14.7 Å². The van der Waals surface area contributed by atoms with Crippen LogP contribution in [-0.2, 0) is 27.2 Å². The average Bonchev–Trinajstić information content (AvgIpc) is 3.01. The van der Waals surface area contributed by atoms with Crippen molar-refractivity contribution in [1.82, 2.24) is 0 Å². The lowest BCUT2D eigenvalue weighted by Gasteiger charge is -2.37. The van der Waals surface area contributed by atoms with E-state index in [-0.39, 0.29) is 18.4 Å². The zero-order chi connectivity index (χ0) is 27.8. The fourth-order valence-corrected chi connectivity index (χ4v) is 5.23. The summed E-state index contributed by atoms with van der Waals surface area (Å²) in [6.07, 6.45) is 5.36. The van der Waals surface area contributed by atoms with Crippen molar-refractivity contribution >= 4 is 17.8 Å². The van der Waals surface area contributed by atoms with Crippen LogP contribution in [0.1, 0.15) is 41.0 Å². The van der Waals surface area contributed by atoms with E-state index < -0.39 is 29.0 Å². The van der Waals surface area contributed by atoms with Gasteiger partial charge in [-0.05, 0) is 47.9 Å². The second-order valence-electron chi connectivity index (χ2n) is 10.1. The Bertz CT molecular complexity index is 1450. The van der Waals surface area contributed by atoms with E-state index >= 15 is 0 Å². The van der Waals surface area contributed by atoms with E-state index in [0.29, 0.717) is 12.8 Å². The first-order valence-electron chi connectivity index (χ1n) is 13.6. The molecule has 200 valence electrons. The van der Waals surface area contributed by atoms with Crippen LogP contribution < -0.4 is 0 Å². The molecule has 1 atom stereocenters. The van der Waals surface area contributed by atoms with Gasteiger partial charge in [0.1, 0.15) is 0 Å². The number of aryl methyl sites for hydroxylation is 2. The number of hydrogen-bond acceptors (Lipinski definition) is 4. The number of carbonyl (C=O) groups excluding carboxylic acids is 2. The second kappa shape index (κ2) is 12.4. The Morgan fingerprint density at radius 1 is 0.675 bits per heavy atom. The summed E-state index contributed by atoms with van der Waals surface area (Å²) in [6, 6.07) is 38.7. The number of rotatable bonds is 10.